The van der Waals surface area contributed by atoms with Crippen LogP contribution in [0.2, 0.25) is 0 Å². The molecule has 0 aromatic heterocycles. The highest BCUT2D eigenvalue weighted by Crippen LogP contribution is 2.27. The van der Waals surface area contributed by atoms with E-state index in [0.29, 0.717) is 38.3 Å². The second kappa shape index (κ2) is 7.81. The second-order valence-corrected chi connectivity index (χ2v) is 5.90. The molecule has 1 heterocycles. The van der Waals surface area contributed by atoms with Gasteiger partial charge in [0, 0.05) is 44.8 Å². The van der Waals surface area contributed by atoms with Gasteiger partial charge < -0.3 is 15.0 Å². The lowest BCUT2D eigenvalue weighted by atomic mass is 10.1. The highest BCUT2D eigenvalue weighted by Gasteiger charge is 2.19. The summed E-state index contributed by atoms with van der Waals surface area (Å²) in [5, 5.41) is 3.08. The fourth-order valence-corrected chi connectivity index (χ4v) is 3.12. The van der Waals surface area contributed by atoms with E-state index in [0.717, 1.165) is 11.5 Å². The van der Waals surface area contributed by atoms with Crippen molar-refractivity contribution < 1.29 is 13.5 Å². The summed E-state index contributed by atoms with van der Waals surface area (Å²) in [5.74, 6) is 0.888. The van der Waals surface area contributed by atoms with Gasteiger partial charge in [-0.1, -0.05) is 0 Å². The molecule has 1 fully saturated rings. The van der Waals surface area contributed by atoms with E-state index in [1.165, 1.54) is 12.1 Å². The molecule has 0 atom stereocenters. The predicted molar refractivity (Wildman–Crippen MR) is 79.5 cm³/mol. The van der Waals surface area contributed by atoms with E-state index in [9.17, 15) is 8.78 Å². The lowest BCUT2D eigenvalue weighted by Gasteiger charge is -2.29. The predicted octanol–water partition coefficient (Wildman–Crippen LogP) is 2.25. The first-order valence-electron chi connectivity index (χ1n) is 6.72. The Kier molecular flexibility index (Phi) is 6.06. The molecule has 0 aliphatic carbocycles. The Hall–Kier alpha value is -0.850. The molecule has 20 heavy (non-hydrogen) atoms. The normalized spacial score (nSPS) is 15.7. The number of ether oxygens (including phenoxy) is 1. The van der Waals surface area contributed by atoms with Gasteiger partial charge in [0.2, 0.25) is 0 Å². The van der Waals surface area contributed by atoms with Gasteiger partial charge >= 0.3 is 0 Å². The van der Waals surface area contributed by atoms with Gasteiger partial charge in [0.1, 0.15) is 17.3 Å². The van der Waals surface area contributed by atoms with Gasteiger partial charge in [-0.05, 0) is 17.7 Å². The summed E-state index contributed by atoms with van der Waals surface area (Å²) in [4.78, 5) is 1.79. The van der Waals surface area contributed by atoms with E-state index in [2.05, 4.69) is 5.32 Å². The minimum atomic E-state index is -0.472. The molecule has 1 N–H and O–H groups in total. The Balaban J connectivity index is 2.04. The molecule has 0 spiro atoms. The molecule has 2 rings (SSSR count). The quantitative estimate of drug-likeness (QED) is 0.815. The van der Waals surface area contributed by atoms with Crippen molar-refractivity contribution in [3.63, 3.8) is 0 Å². The molecule has 0 amide bonds. The lowest BCUT2D eigenvalue weighted by Crippen LogP contribution is -2.34. The maximum absolute atomic E-state index is 14.1. The van der Waals surface area contributed by atoms with Crippen LogP contribution < -0.4 is 10.2 Å². The topological polar surface area (TPSA) is 24.5 Å². The second-order valence-electron chi connectivity index (χ2n) is 4.68. The third kappa shape index (κ3) is 4.07. The van der Waals surface area contributed by atoms with Crippen molar-refractivity contribution in [3.05, 3.63) is 29.3 Å². The summed E-state index contributed by atoms with van der Waals surface area (Å²) in [6.45, 7) is 3.07. The number of halogens is 2. The third-order valence-electron chi connectivity index (χ3n) is 3.22. The van der Waals surface area contributed by atoms with Crippen molar-refractivity contribution >= 4 is 17.4 Å². The molecule has 112 valence electrons. The van der Waals surface area contributed by atoms with Crippen molar-refractivity contribution in [2.45, 2.75) is 6.54 Å². The number of nitrogens with zero attached hydrogens (tertiary/aromatic N) is 1. The molecule has 1 aliphatic heterocycles. The maximum Gasteiger partial charge on any atom is 0.149 e. The molecular formula is C14H20F2N2OS. The van der Waals surface area contributed by atoms with Gasteiger partial charge in [-0.3, -0.25) is 0 Å². The third-order valence-corrected chi connectivity index (χ3v) is 4.16. The van der Waals surface area contributed by atoms with E-state index in [4.69, 9.17) is 4.74 Å². The number of benzene rings is 1. The molecule has 0 unspecified atom stereocenters. The summed E-state index contributed by atoms with van der Waals surface area (Å²) >= 11 is 1.82. The zero-order chi connectivity index (χ0) is 14.4. The molecule has 3 nitrogen and oxygen atoms in total. The molecule has 1 saturated heterocycles. The lowest BCUT2D eigenvalue weighted by molar-refractivity contribution is 0.199. The summed E-state index contributed by atoms with van der Waals surface area (Å²) in [6, 6.07) is 2.83. The fourth-order valence-electron chi connectivity index (χ4n) is 2.22. The molecule has 0 bridgehead atoms. The summed E-state index contributed by atoms with van der Waals surface area (Å²) < 4.78 is 33.2. The zero-order valence-corrected chi connectivity index (χ0v) is 12.4. The van der Waals surface area contributed by atoms with Crippen LogP contribution in [0.25, 0.3) is 0 Å². The Morgan fingerprint density at radius 1 is 1.25 bits per heavy atom. The Labute approximate surface area is 122 Å². The van der Waals surface area contributed by atoms with Crippen LogP contribution in [0.5, 0.6) is 0 Å². The van der Waals surface area contributed by atoms with E-state index < -0.39 is 11.6 Å². The molecule has 0 saturated carbocycles. The van der Waals surface area contributed by atoms with Crippen LogP contribution in [0.1, 0.15) is 5.56 Å². The zero-order valence-electron chi connectivity index (χ0n) is 11.6. The minimum Gasteiger partial charge on any atom is -0.383 e. The molecule has 0 radical (unpaired) electrons. The number of hydrogen-bond acceptors (Lipinski definition) is 4. The van der Waals surface area contributed by atoms with Crippen LogP contribution in [0.3, 0.4) is 0 Å². The van der Waals surface area contributed by atoms with Crippen molar-refractivity contribution in [2.24, 2.45) is 0 Å². The van der Waals surface area contributed by atoms with Gasteiger partial charge in [-0.15, -0.1) is 0 Å². The first kappa shape index (κ1) is 15.5. The average molecular weight is 302 g/mol. The molecular weight excluding hydrogens is 282 g/mol. The van der Waals surface area contributed by atoms with Gasteiger partial charge in [0.05, 0.1) is 6.61 Å². The summed E-state index contributed by atoms with van der Waals surface area (Å²) in [7, 11) is 1.62. The van der Waals surface area contributed by atoms with E-state index in [-0.39, 0.29) is 5.69 Å². The van der Waals surface area contributed by atoms with Gasteiger partial charge in [-0.2, -0.15) is 11.8 Å². The molecule has 1 aromatic carbocycles. The highest BCUT2D eigenvalue weighted by atomic mass is 32.2. The van der Waals surface area contributed by atoms with Crippen LogP contribution in [0, 0.1) is 11.6 Å². The van der Waals surface area contributed by atoms with E-state index in [1.54, 1.807) is 12.0 Å². The van der Waals surface area contributed by atoms with Crippen LogP contribution in [-0.2, 0) is 11.3 Å². The minimum absolute atomic E-state index is 0.117. The van der Waals surface area contributed by atoms with E-state index >= 15 is 0 Å². The number of thioether (sulfide) groups is 1. The number of nitrogens with one attached hydrogen (secondary N) is 1. The Morgan fingerprint density at radius 3 is 2.50 bits per heavy atom. The van der Waals surface area contributed by atoms with Gasteiger partial charge in [0.25, 0.3) is 0 Å². The SMILES string of the molecule is COCCNCc1cc(F)c(N2CCSCC2)c(F)c1. The largest absolute Gasteiger partial charge is 0.383 e. The van der Waals surface area contributed by atoms with Crippen molar-refractivity contribution in [1.82, 2.24) is 5.32 Å². The molecule has 1 aromatic rings. The van der Waals surface area contributed by atoms with Crippen LogP contribution in [0.4, 0.5) is 14.5 Å². The number of hydrogen-bond donors (Lipinski definition) is 1. The summed E-state index contributed by atoms with van der Waals surface area (Å²) in [5.41, 5.74) is 0.733. The average Bonchev–Trinajstić information content (AvgIpc) is 2.44. The monoisotopic (exact) mass is 302 g/mol. The highest BCUT2D eigenvalue weighted by molar-refractivity contribution is 7.99. The Morgan fingerprint density at radius 2 is 1.90 bits per heavy atom. The van der Waals surface area contributed by atoms with Crippen molar-refractivity contribution in [3.8, 4) is 0 Å². The molecule has 6 heteroatoms. The molecule has 1 aliphatic rings. The number of methoxy groups -OCH3 is 1. The fraction of sp³-hybridized carbons (Fsp3) is 0.571. The van der Waals surface area contributed by atoms with Crippen LogP contribution in [-0.4, -0.2) is 44.9 Å². The van der Waals surface area contributed by atoms with Gasteiger partial charge in [-0.25, -0.2) is 8.78 Å². The van der Waals surface area contributed by atoms with Crippen molar-refractivity contribution in [2.75, 3.05) is 49.8 Å². The smallest absolute Gasteiger partial charge is 0.149 e. The number of anilines is 1. The van der Waals surface area contributed by atoms with Crippen LogP contribution >= 0.6 is 11.8 Å². The standard InChI is InChI=1S/C14H20F2N2OS/c1-19-5-2-17-10-11-8-12(15)14(13(16)9-11)18-3-6-20-7-4-18/h8-9,17H,2-7,10H2,1H3. The Bertz CT molecular complexity index is 416. The van der Waals surface area contributed by atoms with E-state index in [1.807, 2.05) is 11.8 Å². The summed E-state index contributed by atoms with van der Waals surface area (Å²) in [6.07, 6.45) is 0. The number of rotatable bonds is 6. The van der Waals surface area contributed by atoms with Crippen LogP contribution in [0.15, 0.2) is 12.1 Å². The van der Waals surface area contributed by atoms with Crippen molar-refractivity contribution in [1.29, 1.82) is 0 Å². The maximum atomic E-state index is 14.1. The van der Waals surface area contributed by atoms with Gasteiger partial charge in [0.15, 0.2) is 0 Å². The first-order chi connectivity index (χ1) is 9.72. The first-order valence-corrected chi connectivity index (χ1v) is 7.88.